The smallest absolute Gasteiger partial charge is 0.334 e. The molecular weight excluding hydrogens is 1070 g/mol. The summed E-state index contributed by atoms with van der Waals surface area (Å²) in [6.45, 7) is 4.28. The molecule has 3 aromatic heterocycles. The van der Waals surface area contributed by atoms with Crippen LogP contribution in [0.25, 0.3) is 32.7 Å². The molecular formula is C59H68F8N6O8. The third kappa shape index (κ3) is 19.2. The fourth-order valence-electron chi connectivity index (χ4n) is 9.00. The quantitative estimate of drug-likeness (QED) is 0.00581. The van der Waals surface area contributed by atoms with Gasteiger partial charge in [-0.1, -0.05) is 90.9 Å². The van der Waals surface area contributed by atoms with Crippen molar-refractivity contribution in [2.45, 2.75) is 154 Å². The Bertz CT molecular complexity index is 3210. The number of rotatable bonds is 28. The van der Waals surface area contributed by atoms with Crippen LogP contribution in [0.15, 0.2) is 73.2 Å². The monoisotopic (exact) mass is 1140 g/mol. The summed E-state index contributed by atoms with van der Waals surface area (Å²) in [6, 6.07) is 9.01. The van der Waals surface area contributed by atoms with Gasteiger partial charge >= 0.3 is 17.9 Å². The first-order chi connectivity index (χ1) is 38.7. The van der Waals surface area contributed by atoms with Gasteiger partial charge in [-0.2, -0.15) is 8.78 Å². The number of fused-ring (bicyclic) bond motifs is 3. The second kappa shape index (κ2) is 31.9. The summed E-state index contributed by atoms with van der Waals surface area (Å²) in [4.78, 5) is 68.4. The number of nitrogens with one attached hydrogen (secondary N) is 5. The molecule has 3 unspecified atom stereocenters. The molecule has 14 nitrogen and oxygen atoms in total. The number of aromatic amines is 3. The van der Waals surface area contributed by atoms with Gasteiger partial charge in [-0.3, -0.25) is 14.4 Å². The average Bonchev–Trinajstić information content (AvgIpc) is 4.20. The van der Waals surface area contributed by atoms with Crippen LogP contribution in [0.3, 0.4) is 0 Å². The fraction of sp³-hybridized carbons (Fsp3) is 0.407. The SMILES string of the molecule is CCCCCCCCCC(=O)NC(Cc1c[nH]c2cc(F)ccc12)C(=O)O.CCCCCCCCCC(=O)NC(Cc1c[nH]c2cc(F)ccc12)C(=O)Oc1c(F)c(F)c(F)c(F)c1F.NC(Cc1c[nH]c2cc(F)ccc12)C(=O)O. The van der Waals surface area contributed by atoms with Crippen LogP contribution in [0.1, 0.15) is 133 Å². The molecule has 3 heterocycles. The van der Waals surface area contributed by atoms with Gasteiger partial charge in [0.1, 0.15) is 35.6 Å². The van der Waals surface area contributed by atoms with Gasteiger partial charge in [0.15, 0.2) is 0 Å². The van der Waals surface area contributed by atoms with E-state index in [0.29, 0.717) is 40.3 Å². The van der Waals surface area contributed by atoms with E-state index in [2.05, 4.69) is 44.2 Å². The maximum Gasteiger partial charge on any atom is 0.334 e. The number of carbonyl (C=O) groups is 5. The molecule has 7 rings (SSSR count). The Hall–Kier alpha value is -7.75. The van der Waals surface area contributed by atoms with Gasteiger partial charge in [0.25, 0.3) is 0 Å². The van der Waals surface area contributed by atoms with E-state index in [1.54, 1.807) is 24.5 Å². The van der Waals surface area contributed by atoms with Gasteiger partial charge in [0, 0.05) is 83.4 Å². The summed E-state index contributed by atoms with van der Waals surface area (Å²) >= 11 is 0. The summed E-state index contributed by atoms with van der Waals surface area (Å²) in [6.07, 6.45) is 19.7. The van der Waals surface area contributed by atoms with Crippen LogP contribution < -0.4 is 21.1 Å². The highest BCUT2D eigenvalue weighted by molar-refractivity contribution is 5.89. The predicted octanol–water partition coefficient (Wildman–Crippen LogP) is 12.6. The number of aliphatic carboxylic acids is 2. The number of nitrogens with two attached hydrogens (primary N) is 1. The van der Waals surface area contributed by atoms with Gasteiger partial charge in [0.05, 0.1) is 0 Å². The van der Waals surface area contributed by atoms with Crippen LogP contribution in [0, 0.1) is 46.5 Å². The molecule has 0 aliphatic heterocycles. The van der Waals surface area contributed by atoms with E-state index >= 15 is 0 Å². The molecule has 81 heavy (non-hydrogen) atoms. The van der Waals surface area contributed by atoms with Crippen molar-refractivity contribution in [1.29, 1.82) is 0 Å². The van der Waals surface area contributed by atoms with Gasteiger partial charge in [-0.15, -0.1) is 0 Å². The van der Waals surface area contributed by atoms with E-state index in [0.717, 1.165) is 79.7 Å². The first-order valence-corrected chi connectivity index (χ1v) is 27.0. The molecule has 4 aromatic carbocycles. The number of unbranched alkanes of at least 4 members (excludes halogenated alkanes) is 12. The van der Waals surface area contributed by atoms with Crippen LogP contribution in [-0.4, -0.2) is 73.0 Å². The Labute approximate surface area is 462 Å². The number of benzene rings is 4. The highest BCUT2D eigenvalue weighted by Crippen LogP contribution is 2.30. The number of amides is 2. The lowest BCUT2D eigenvalue weighted by Gasteiger charge is -2.18. The Balaban J connectivity index is 0.000000242. The summed E-state index contributed by atoms with van der Waals surface area (Å²) in [5.41, 5.74) is 9.04. The fourth-order valence-corrected chi connectivity index (χ4v) is 9.00. The van der Waals surface area contributed by atoms with Gasteiger partial charge in [-0.05, 0) is 84.1 Å². The molecule has 0 aliphatic rings. The van der Waals surface area contributed by atoms with E-state index in [-0.39, 0.29) is 43.2 Å². The Morgan fingerprint density at radius 2 is 0.827 bits per heavy atom. The molecule has 0 bridgehead atoms. The Morgan fingerprint density at radius 3 is 1.21 bits per heavy atom. The predicted molar refractivity (Wildman–Crippen MR) is 290 cm³/mol. The van der Waals surface area contributed by atoms with Crippen LogP contribution in [0.2, 0.25) is 0 Å². The zero-order chi connectivity index (χ0) is 59.2. The number of carboxylic acid groups (broad SMARTS) is 2. The molecule has 0 fully saturated rings. The topological polar surface area (TPSA) is 232 Å². The van der Waals surface area contributed by atoms with Crippen molar-refractivity contribution in [3.8, 4) is 5.75 Å². The van der Waals surface area contributed by atoms with Crippen molar-refractivity contribution in [3.63, 3.8) is 0 Å². The number of hydrogen-bond acceptors (Lipinski definition) is 7. The normalized spacial score (nSPS) is 12.3. The lowest BCUT2D eigenvalue weighted by molar-refractivity contribution is -0.141. The van der Waals surface area contributed by atoms with Crippen molar-refractivity contribution < 1.29 is 74.0 Å². The number of esters is 1. The zero-order valence-electron chi connectivity index (χ0n) is 45.0. The number of aromatic nitrogens is 3. The van der Waals surface area contributed by atoms with Crippen molar-refractivity contribution in [1.82, 2.24) is 25.6 Å². The minimum absolute atomic E-state index is 0.0547. The summed E-state index contributed by atoms with van der Waals surface area (Å²) in [5, 5.41) is 25.3. The molecule has 22 heteroatoms. The number of halogens is 8. The molecule has 9 N–H and O–H groups in total. The largest absolute Gasteiger partial charge is 0.480 e. The minimum Gasteiger partial charge on any atom is -0.480 e. The summed E-state index contributed by atoms with van der Waals surface area (Å²) in [7, 11) is 0. The maximum atomic E-state index is 14.1. The van der Waals surface area contributed by atoms with Crippen LogP contribution >= 0.6 is 0 Å². The second-order valence-corrected chi connectivity index (χ2v) is 19.7. The summed E-state index contributed by atoms with van der Waals surface area (Å²) < 4.78 is 113. The maximum absolute atomic E-state index is 14.1. The standard InChI is InChI=1S/C27H28F6N2O3.C21H29FN2O3.C11H11FN2O2/c1-2-3-4-5-6-7-8-9-20(36)35-19(12-15-14-34-18-13-16(28)10-11-17(15)18)27(37)38-26-24(32)22(30)21(29)23(31)25(26)33;1-2-3-4-5-6-7-8-9-20(25)24-19(21(26)27)12-15-14-23-18-13-16(22)10-11-17(15)18;12-7-1-2-8-6(3-9(13)11(15)16)5-14-10(8)4-7/h10-11,13-14,19,34H,2-9,12H2,1H3,(H,35,36);10-11,13-14,19,23H,2-9,12H2,1H3,(H,24,25)(H,26,27);1-2,4-5,9,14H,3,13H2,(H,15,16). The van der Waals surface area contributed by atoms with Crippen molar-refractivity contribution in [2.75, 3.05) is 0 Å². The summed E-state index contributed by atoms with van der Waals surface area (Å²) in [5.74, 6) is -18.9. The lowest BCUT2D eigenvalue weighted by atomic mass is 10.0. The first-order valence-electron chi connectivity index (χ1n) is 27.0. The number of H-pyrrole nitrogens is 3. The lowest BCUT2D eigenvalue weighted by Crippen LogP contribution is -2.44. The number of hydrogen-bond donors (Lipinski definition) is 8. The zero-order valence-corrected chi connectivity index (χ0v) is 45.0. The van der Waals surface area contributed by atoms with Crippen molar-refractivity contribution in [3.05, 3.63) is 136 Å². The Kier molecular flexibility index (Phi) is 25.2. The second-order valence-electron chi connectivity index (χ2n) is 19.7. The number of carbonyl (C=O) groups excluding carboxylic acids is 3. The molecule has 7 aromatic rings. The molecule has 0 radical (unpaired) electrons. The minimum atomic E-state index is -2.40. The van der Waals surface area contributed by atoms with Gasteiger partial charge < -0.3 is 46.3 Å². The molecule has 0 spiro atoms. The van der Waals surface area contributed by atoms with Crippen LogP contribution in [0.5, 0.6) is 5.75 Å². The highest BCUT2D eigenvalue weighted by Gasteiger charge is 2.32. The molecule has 0 saturated heterocycles. The third-order valence-electron chi connectivity index (χ3n) is 13.4. The first kappa shape index (κ1) is 64.1. The molecule has 0 aliphatic carbocycles. The Morgan fingerprint density at radius 1 is 0.481 bits per heavy atom. The van der Waals surface area contributed by atoms with E-state index in [9.17, 15) is 64.2 Å². The molecule has 0 saturated carbocycles. The number of carboxylic acids is 2. The van der Waals surface area contributed by atoms with E-state index in [1.807, 2.05) is 0 Å². The number of ether oxygens (including phenoxy) is 1. The van der Waals surface area contributed by atoms with Crippen LogP contribution in [0.4, 0.5) is 35.1 Å². The van der Waals surface area contributed by atoms with Gasteiger partial charge in [0.2, 0.25) is 46.6 Å². The molecule has 3 atom stereocenters. The average molecular weight is 1140 g/mol. The molecule has 438 valence electrons. The van der Waals surface area contributed by atoms with E-state index in [4.69, 9.17) is 10.8 Å². The van der Waals surface area contributed by atoms with Gasteiger partial charge in [-0.25, -0.2) is 35.9 Å². The van der Waals surface area contributed by atoms with E-state index in [1.165, 1.54) is 74.3 Å². The third-order valence-corrected chi connectivity index (χ3v) is 13.4. The molecule has 2 amide bonds. The van der Waals surface area contributed by atoms with E-state index < -0.39 is 82.6 Å². The highest BCUT2D eigenvalue weighted by atomic mass is 19.2. The van der Waals surface area contributed by atoms with Crippen molar-refractivity contribution in [2.24, 2.45) is 5.73 Å². The van der Waals surface area contributed by atoms with Crippen molar-refractivity contribution >= 4 is 62.4 Å². The van der Waals surface area contributed by atoms with Crippen LogP contribution in [-0.2, 0) is 43.2 Å².